The van der Waals surface area contributed by atoms with Gasteiger partial charge < -0.3 is 10.1 Å². The van der Waals surface area contributed by atoms with Crippen LogP contribution in [0.25, 0.3) is 0 Å². The predicted octanol–water partition coefficient (Wildman–Crippen LogP) is 2.03. The van der Waals surface area contributed by atoms with Gasteiger partial charge in [0.05, 0.1) is 17.1 Å². The van der Waals surface area contributed by atoms with Gasteiger partial charge in [0.1, 0.15) is 6.20 Å². The number of rotatable bonds is 4. The summed E-state index contributed by atoms with van der Waals surface area (Å²) in [4.78, 5) is 14.0. The van der Waals surface area contributed by atoms with Crippen molar-refractivity contribution in [2.24, 2.45) is 0 Å². The zero-order valence-electron chi connectivity index (χ0n) is 8.88. The minimum Gasteiger partial charge on any atom is -0.376 e. The highest BCUT2D eigenvalue weighted by Gasteiger charge is 2.23. The van der Waals surface area contributed by atoms with Crippen molar-refractivity contribution >= 4 is 21.5 Å². The van der Waals surface area contributed by atoms with Gasteiger partial charge in [-0.3, -0.25) is 10.1 Å². The molecule has 1 aliphatic heterocycles. The van der Waals surface area contributed by atoms with Gasteiger partial charge in [-0.05, 0) is 31.1 Å². The number of nitrogens with zero attached hydrogens (tertiary/aromatic N) is 2. The van der Waals surface area contributed by atoms with Crippen molar-refractivity contribution in [3.05, 3.63) is 16.3 Å². The van der Waals surface area contributed by atoms with Crippen LogP contribution in [0.5, 0.6) is 0 Å². The van der Waals surface area contributed by atoms with E-state index in [9.17, 15) is 10.1 Å². The fourth-order valence-electron chi connectivity index (χ4n) is 1.70. The van der Waals surface area contributed by atoms with Crippen LogP contribution in [0, 0.1) is 10.1 Å². The Labute approximate surface area is 96.8 Å². The minimum absolute atomic E-state index is 0.0574. The van der Waals surface area contributed by atoms with Crippen LogP contribution in [0.4, 0.5) is 10.1 Å². The molecule has 6 nitrogen and oxygen atoms in total. The summed E-state index contributed by atoms with van der Waals surface area (Å²) >= 11 is 1.05. The van der Waals surface area contributed by atoms with E-state index in [0.717, 1.165) is 30.8 Å². The van der Waals surface area contributed by atoms with E-state index in [1.165, 1.54) is 6.20 Å². The molecule has 2 atom stereocenters. The maximum atomic E-state index is 10.5. The molecule has 2 rings (SSSR count). The van der Waals surface area contributed by atoms with Gasteiger partial charge in [0.25, 0.3) is 0 Å². The number of ether oxygens (including phenoxy) is 1. The lowest BCUT2D eigenvalue weighted by Crippen LogP contribution is -2.29. The van der Waals surface area contributed by atoms with Crippen molar-refractivity contribution in [3.63, 3.8) is 0 Å². The molecule has 7 heteroatoms. The van der Waals surface area contributed by atoms with Crippen LogP contribution in [-0.4, -0.2) is 28.7 Å². The van der Waals surface area contributed by atoms with Gasteiger partial charge in [-0.1, -0.05) is 0 Å². The first-order chi connectivity index (χ1) is 7.66. The van der Waals surface area contributed by atoms with Gasteiger partial charge in [0.15, 0.2) is 5.13 Å². The molecule has 1 fully saturated rings. The lowest BCUT2D eigenvalue weighted by molar-refractivity contribution is -0.380. The van der Waals surface area contributed by atoms with E-state index in [0.29, 0.717) is 5.13 Å². The van der Waals surface area contributed by atoms with Gasteiger partial charge in [-0.25, -0.2) is 4.98 Å². The molecule has 88 valence electrons. The van der Waals surface area contributed by atoms with Gasteiger partial charge in [-0.2, -0.15) is 0 Å². The SMILES string of the molecule is CC(Nc1ncc([N+](=O)[O-])s1)C1CCCO1. The fraction of sp³-hybridized carbons (Fsp3) is 0.667. The average Bonchev–Trinajstić information content (AvgIpc) is 2.87. The largest absolute Gasteiger partial charge is 0.376 e. The van der Waals surface area contributed by atoms with E-state index in [1.807, 2.05) is 6.92 Å². The molecule has 1 aromatic heterocycles. The number of thiazole rings is 1. The maximum absolute atomic E-state index is 10.5. The first-order valence-electron chi connectivity index (χ1n) is 5.15. The van der Waals surface area contributed by atoms with Crippen molar-refractivity contribution in [2.45, 2.75) is 31.9 Å². The summed E-state index contributed by atoms with van der Waals surface area (Å²) in [6.45, 7) is 2.80. The minimum atomic E-state index is -0.431. The van der Waals surface area contributed by atoms with E-state index >= 15 is 0 Å². The molecule has 0 amide bonds. The Morgan fingerprint density at radius 1 is 1.81 bits per heavy atom. The topological polar surface area (TPSA) is 77.3 Å². The number of nitrogens with one attached hydrogen (secondary N) is 1. The third-order valence-electron chi connectivity index (χ3n) is 2.55. The van der Waals surface area contributed by atoms with E-state index in [2.05, 4.69) is 10.3 Å². The van der Waals surface area contributed by atoms with Crippen molar-refractivity contribution in [1.82, 2.24) is 4.98 Å². The van der Waals surface area contributed by atoms with Crippen molar-refractivity contribution in [1.29, 1.82) is 0 Å². The van der Waals surface area contributed by atoms with Gasteiger partial charge in [0, 0.05) is 6.61 Å². The lowest BCUT2D eigenvalue weighted by atomic mass is 10.1. The highest BCUT2D eigenvalue weighted by Crippen LogP contribution is 2.27. The normalized spacial score (nSPS) is 21.9. The monoisotopic (exact) mass is 243 g/mol. The third-order valence-corrected chi connectivity index (χ3v) is 3.43. The Balaban J connectivity index is 1.94. The molecule has 1 aromatic rings. The molecule has 0 spiro atoms. The van der Waals surface area contributed by atoms with E-state index < -0.39 is 4.92 Å². The van der Waals surface area contributed by atoms with E-state index in [-0.39, 0.29) is 17.1 Å². The molecule has 0 bridgehead atoms. The number of hydrogen-bond acceptors (Lipinski definition) is 6. The highest BCUT2D eigenvalue weighted by molar-refractivity contribution is 7.18. The molecule has 1 aliphatic rings. The lowest BCUT2D eigenvalue weighted by Gasteiger charge is -2.18. The summed E-state index contributed by atoms with van der Waals surface area (Å²) in [5.41, 5.74) is 0. The zero-order chi connectivity index (χ0) is 11.5. The fourth-order valence-corrected chi connectivity index (χ4v) is 2.43. The molecule has 0 aliphatic carbocycles. The first-order valence-corrected chi connectivity index (χ1v) is 5.97. The Morgan fingerprint density at radius 2 is 2.62 bits per heavy atom. The van der Waals surface area contributed by atoms with Gasteiger partial charge in [0.2, 0.25) is 0 Å². The summed E-state index contributed by atoms with van der Waals surface area (Å²) in [6, 6.07) is 0.133. The molecule has 1 N–H and O–H groups in total. The molecular weight excluding hydrogens is 230 g/mol. The standard InChI is InChI=1S/C9H13N3O3S/c1-6(7-3-2-4-15-7)11-9-10-5-8(16-9)12(13)14/h5-7H,2-4H2,1H3,(H,10,11). The summed E-state index contributed by atoms with van der Waals surface area (Å²) < 4.78 is 5.52. The van der Waals surface area contributed by atoms with Gasteiger partial charge >= 0.3 is 5.00 Å². The summed E-state index contributed by atoms with van der Waals surface area (Å²) in [5, 5.41) is 14.3. The van der Waals surface area contributed by atoms with E-state index in [1.54, 1.807) is 0 Å². The second kappa shape index (κ2) is 4.75. The van der Waals surface area contributed by atoms with Crippen LogP contribution >= 0.6 is 11.3 Å². The number of hydrogen-bond donors (Lipinski definition) is 1. The number of anilines is 1. The second-order valence-electron chi connectivity index (χ2n) is 3.75. The van der Waals surface area contributed by atoms with Gasteiger partial charge in [-0.15, -0.1) is 0 Å². The smallest absolute Gasteiger partial charge is 0.345 e. The molecule has 0 radical (unpaired) electrons. The maximum Gasteiger partial charge on any atom is 0.345 e. The summed E-state index contributed by atoms with van der Waals surface area (Å²) in [6.07, 6.45) is 3.56. The average molecular weight is 243 g/mol. The Kier molecular flexibility index (Phi) is 3.35. The molecule has 2 unspecified atom stereocenters. The molecule has 1 saturated heterocycles. The van der Waals surface area contributed by atoms with Crippen LogP contribution in [0.15, 0.2) is 6.20 Å². The molecule has 0 saturated carbocycles. The van der Waals surface area contributed by atoms with Crippen LogP contribution in [0.3, 0.4) is 0 Å². The van der Waals surface area contributed by atoms with Crippen LogP contribution < -0.4 is 5.32 Å². The first kappa shape index (κ1) is 11.3. The highest BCUT2D eigenvalue weighted by atomic mass is 32.1. The Morgan fingerprint density at radius 3 is 3.19 bits per heavy atom. The third kappa shape index (κ3) is 2.48. The molecular formula is C9H13N3O3S. The summed E-state index contributed by atoms with van der Waals surface area (Å²) in [7, 11) is 0. The number of aromatic nitrogens is 1. The summed E-state index contributed by atoms with van der Waals surface area (Å²) in [5.74, 6) is 0. The van der Waals surface area contributed by atoms with Crippen LogP contribution in [-0.2, 0) is 4.74 Å². The Hall–Kier alpha value is -1.21. The van der Waals surface area contributed by atoms with Crippen molar-refractivity contribution < 1.29 is 9.66 Å². The molecule has 2 heterocycles. The Bertz CT molecular complexity index is 376. The van der Waals surface area contributed by atoms with E-state index in [4.69, 9.17) is 4.74 Å². The quantitative estimate of drug-likeness (QED) is 0.646. The number of nitro groups is 1. The van der Waals surface area contributed by atoms with Crippen molar-refractivity contribution in [3.8, 4) is 0 Å². The van der Waals surface area contributed by atoms with Crippen LogP contribution in [0.1, 0.15) is 19.8 Å². The predicted molar refractivity (Wildman–Crippen MR) is 60.8 cm³/mol. The van der Waals surface area contributed by atoms with Crippen molar-refractivity contribution in [2.75, 3.05) is 11.9 Å². The molecule has 16 heavy (non-hydrogen) atoms. The second-order valence-corrected chi connectivity index (χ2v) is 4.75. The molecule has 0 aromatic carbocycles. The zero-order valence-corrected chi connectivity index (χ0v) is 9.70. The van der Waals surface area contributed by atoms with Crippen LogP contribution in [0.2, 0.25) is 0 Å².